The van der Waals surface area contributed by atoms with Crippen LogP contribution in [-0.4, -0.2) is 30.0 Å². The topological polar surface area (TPSA) is 47.9 Å². The third-order valence-corrected chi connectivity index (χ3v) is 9.27. The molecular weight excluding hydrogens is 616 g/mol. The maximum atomic E-state index is 12.3. The number of hydrogen-bond donors (Lipinski definition) is 1. The molecule has 0 saturated heterocycles. The Morgan fingerprint density at radius 3 is 1.81 bits per heavy atom. The van der Waals surface area contributed by atoms with E-state index in [1.165, 1.54) is 0 Å². The maximum absolute atomic E-state index is 12.3. The molecule has 0 spiro atoms. The molecule has 0 amide bonds. The van der Waals surface area contributed by atoms with Crippen molar-refractivity contribution in [3.05, 3.63) is 177 Å². The molecular formula is C43H45ClO4. The van der Waals surface area contributed by atoms with Gasteiger partial charge >= 0.3 is 0 Å². The molecule has 0 bridgehead atoms. The largest absolute Gasteiger partial charge is 0.388 e. The van der Waals surface area contributed by atoms with Gasteiger partial charge in [0.05, 0.1) is 38.6 Å². The van der Waals surface area contributed by atoms with Crippen molar-refractivity contribution in [2.75, 3.05) is 6.61 Å². The van der Waals surface area contributed by atoms with E-state index >= 15 is 0 Å². The van der Waals surface area contributed by atoms with Crippen LogP contribution in [0.2, 0.25) is 5.02 Å². The highest BCUT2D eigenvalue weighted by Gasteiger charge is 2.46. The number of rotatable bonds is 14. The monoisotopic (exact) mass is 663 g/mol. The highest BCUT2D eigenvalue weighted by atomic mass is 35.5. The van der Waals surface area contributed by atoms with E-state index in [9.17, 15) is 9.22 Å². The van der Waals surface area contributed by atoms with Crippen LogP contribution in [0, 0.1) is 5.89 Å². The third-order valence-electron chi connectivity index (χ3n) is 8.94. The fraction of sp³-hybridized carbons (Fsp3) is 0.302. The smallest absolute Gasteiger partial charge is 0.107 e. The fourth-order valence-corrected chi connectivity index (χ4v) is 6.46. The molecule has 0 heterocycles. The van der Waals surface area contributed by atoms with Crippen LogP contribution in [0.3, 0.4) is 0 Å². The average molecular weight is 664 g/mol. The number of halogens is 1. The Kier molecular flexibility index (Phi) is 10.8. The zero-order chi connectivity index (χ0) is 35.8. The van der Waals surface area contributed by atoms with Crippen LogP contribution in [0.25, 0.3) is 0 Å². The number of aliphatic hydroxyl groups is 1. The molecule has 0 unspecified atom stereocenters. The van der Waals surface area contributed by atoms with E-state index in [4.69, 9.17) is 25.8 Å². The molecule has 6 rings (SSSR count). The predicted octanol–water partition coefficient (Wildman–Crippen LogP) is 9.35. The lowest BCUT2D eigenvalue weighted by atomic mass is 9.72. The molecule has 1 fully saturated rings. The molecule has 0 aromatic heterocycles. The Hall–Kier alpha value is -3.77. The normalized spacial score (nSPS) is 23.6. The quantitative estimate of drug-likeness (QED) is 0.129. The summed E-state index contributed by atoms with van der Waals surface area (Å²) in [6, 6.07) is 42.1. The molecule has 1 aliphatic carbocycles. The van der Waals surface area contributed by atoms with Gasteiger partial charge in [-0.25, -0.2) is 0 Å². The molecule has 0 radical (unpaired) electrons. The summed E-state index contributed by atoms with van der Waals surface area (Å²) in [5.74, 6) is -1.89. The first-order chi connectivity index (χ1) is 24.7. The molecule has 1 saturated carbocycles. The first kappa shape index (κ1) is 30.3. The SMILES string of the molecule is [2H]C([2H])(c1ccc(CC)cc1)c1cc([C@@H]2C[C@]([2H])(COCc3ccccc3)[C@@H](OCc3ccccc3)[C@H](O)[C@H]2OCc2ccccc2)ccc1Cl. The van der Waals surface area contributed by atoms with Gasteiger partial charge in [0.25, 0.3) is 0 Å². The van der Waals surface area contributed by atoms with Crippen LogP contribution in [-0.2, 0) is 46.8 Å². The van der Waals surface area contributed by atoms with Crippen molar-refractivity contribution in [3.63, 3.8) is 0 Å². The molecule has 5 aromatic rings. The van der Waals surface area contributed by atoms with Crippen LogP contribution in [0.15, 0.2) is 133 Å². The first-order valence-corrected chi connectivity index (χ1v) is 17.1. The van der Waals surface area contributed by atoms with Gasteiger partial charge in [-0.1, -0.05) is 146 Å². The van der Waals surface area contributed by atoms with Gasteiger partial charge in [0.1, 0.15) is 6.10 Å². The predicted molar refractivity (Wildman–Crippen MR) is 193 cm³/mol. The first-order valence-electron chi connectivity index (χ1n) is 18.2. The van der Waals surface area contributed by atoms with Gasteiger partial charge in [0.15, 0.2) is 0 Å². The lowest BCUT2D eigenvalue weighted by molar-refractivity contribution is -0.178. The Morgan fingerprint density at radius 1 is 0.688 bits per heavy atom. The van der Waals surface area contributed by atoms with Gasteiger partial charge < -0.3 is 19.3 Å². The van der Waals surface area contributed by atoms with Crippen LogP contribution in [0.1, 0.15) is 62.3 Å². The summed E-state index contributed by atoms with van der Waals surface area (Å²) in [5, 5.41) is 12.6. The molecule has 5 aromatic carbocycles. The van der Waals surface area contributed by atoms with Crippen LogP contribution in [0.4, 0.5) is 0 Å². The van der Waals surface area contributed by atoms with E-state index in [1.54, 1.807) is 12.1 Å². The van der Waals surface area contributed by atoms with Gasteiger partial charge in [0, 0.05) is 20.9 Å². The van der Waals surface area contributed by atoms with Crippen molar-refractivity contribution in [1.29, 1.82) is 0 Å². The summed E-state index contributed by atoms with van der Waals surface area (Å²) < 4.78 is 47.6. The molecule has 48 heavy (non-hydrogen) atoms. The van der Waals surface area contributed by atoms with Crippen LogP contribution < -0.4 is 0 Å². The summed E-state index contributed by atoms with van der Waals surface area (Å²) in [6.07, 6.45) is -3.74. The van der Waals surface area contributed by atoms with Gasteiger partial charge in [0.2, 0.25) is 0 Å². The standard InChI is InChI=1S/C43H45ClO4/c1-2-31-18-20-32(21-19-31)24-37-25-36(22-23-40(37)44)39-26-38(30-46-27-33-12-6-3-7-13-33)42(47-28-34-14-8-4-9-15-34)41(45)43(39)48-29-35-16-10-5-11-17-35/h3-23,25,38-39,41-43,45H,2,24,26-30H2,1H3/t38-,39+,41+,42-,43+/m1/s1/i24D2,38D. The zero-order valence-corrected chi connectivity index (χ0v) is 28.1. The summed E-state index contributed by atoms with van der Waals surface area (Å²) in [6.45, 7) is 2.83. The molecule has 1 aliphatic rings. The summed E-state index contributed by atoms with van der Waals surface area (Å²) in [7, 11) is 0. The highest BCUT2D eigenvalue weighted by molar-refractivity contribution is 6.31. The van der Waals surface area contributed by atoms with Gasteiger partial charge in [-0.3, -0.25) is 0 Å². The van der Waals surface area contributed by atoms with Crippen molar-refractivity contribution in [3.8, 4) is 0 Å². The average Bonchev–Trinajstić information content (AvgIpc) is 3.15. The minimum absolute atomic E-state index is 0.00532. The van der Waals surface area contributed by atoms with E-state index in [0.717, 1.165) is 34.2 Å². The second-order valence-corrected chi connectivity index (χ2v) is 12.7. The Bertz CT molecular complexity index is 1830. The summed E-state index contributed by atoms with van der Waals surface area (Å²) in [4.78, 5) is 0. The fourth-order valence-electron chi connectivity index (χ4n) is 6.30. The van der Waals surface area contributed by atoms with Gasteiger partial charge in [-0.05, 0) is 64.2 Å². The van der Waals surface area contributed by atoms with Gasteiger partial charge in [-0.15, -0.1) is 0 Å². The van der Waals surface area contributed by atoms with E-state index in [2.05, 4.69) is 6.92 Å². The number of aliphatic hydroxyl groups excluding tert-OH is 1. The van der Waals surface area contributed by atoms with Crippen LogP contribution in [0.5, 0.6) is 0 Å². The molecule has 5 heteroatoms. The van der Waals surface area contributed by atoms with Crippen molar-refractivity contribution in [2.45, 2.75) is 70.2 Å². The van der Waals surface area contributed by atoms with Crippen LogP contribution >= 0.6 is 11.6 Å². The lowest BCUT2D eigenvalue weighted by Crippen LogP contribution is -2.53. The number of aryl methyl sites for hydroxylation is 1. The number of hydrogen-bond acceptors (Lipinski definition) is 4. The highest BCUT2D eigenvalue weighted by Crippen LogP contribution is 2.42. The summed E-state index contributed by atoms with van der Waals surface area (Å²) >= 11 is 6.74. The van der Waals surface area contributed by atoms with E-state index in [-0.39, 0.29) is 26.2 Å². The van der Waals surface area contributed by atoms with E-state index in [1.807, 2.05) is 121 Å². The zero-order valence-electron chi connectivity index (χ0n) is 30.3. The molecule has 4 nitrogen and oxygen atoms in total. The van der Waals surface area contributed by atoms with Crippen molar-refractivity contribution >= 4 is 11.6 Å². The molecule has 1 N–H and O–H groups in total. The minimum atomic E-state index is -1.90. The van der Waals surface area contributed by atoms with Crippen molar-refractivity contribution < 1.29 is 23.4 Å². The Balaban J connectivity index is 1.36. The van der Waals surface area contributed by atoms with E-state index in [0.29, 0.717) is 22.8 Å². The molecule has 5 atom stereocenters. The van der Waals surface area contributed by atoms with Crippen molar-refractivity contribution in [2.24, 2.45) is 5.89 Å². The van der Waals surface area contributed by atoms with Gasteiger partial charge in [-0.2, -0.15) is 0 Å². The number of benzene rings is 5. The summed E-state index contributed by atoms with van der Waals surface area (Å²) in [5.41, 5.74) is 5.52. The third kappa shape index (κ3) is 9.02. The Labute approximate surface area is 294 Å². The Morgan fingerprint density at radius 2 is 1.23 bits per heavy atom. The maximum Gasteiger partial charge on any atom is 0.107 e. The second-order valence-electron chi connectivity index (χ2n) is 12.3. The molecule has 248 valence electrons. The second kappa shape index (κ2) is 17.1. The van der Waals surface area contributed by atoms with E-state index < -0.39 is 36.5 Å². The lowest BCUT2D eigenvalue weighted by Gasteiger charge is -2.45. The van der Waals surface area contributed by atoms with Crippen molar-refractivity contribution in [1.82, 2.24) is 0 Å². The number of ether oxygens (including phenoxy) is 3. The molecule has 0 aliphatic heterocycles. The minimum Gasteiger partial charge on any atom is -0.388 e.